The highest BCUT2D eigenvalue weighted by Crippen LogP contribution is 2.43. The van der Waals surface area contributed by atoms with Gasteiger partial charge in [0.1, 0.15) is 19.3 Å². The summed E-state index contributed by atoms with van der Waals surface area (Å²) in [5, 5.41) is 2.98. The summed E-state index contributed by atoms with van der Waals surface area (Å²) in [6.07, 6.45) is 68.2. The summed E-state index contributed by atoms with van der Waals surface area (Å²) in [5.74, 6) is -0.645. The van der Waals surface area contributed by atoms with Crippen LogP contribution in [-0.2, 0) is 27.9 Å². The standard InChI is InChI=1S/C61H105N2O7P/c1-7-10-13-16-19-22-25-27-28-29-30-31-32-33-34-36-39-42-45-48-51-54-61(65)70-59(52-49-46-43-40-37-24-21-18-15-12-9-3)58(57-69-71(66,67)68-56-55-63(4,5)6)62-60(64)53-50-47-44-41-38-35-26-23-20-17-14-11-8-2/h10,13,19,22,27-28,30-31,33-35,38-39,42,44,47,49,52,58-59H,7-9,11-12,14-18,20-21,23-26,29,32,36-37,40-41,43,45-46,48,50-51,53-57H2,1-6H3,(H-,62,64,66,67)/p+1/b13-10-,22-19-,28-27-,31-30-,34-33-,38-35-,42-39-,47-44+,52-49-. The van der Waals surface area contributed by atoms with Crippen LogP contribution in [-0.4, -0.2) is 74.3 Å². The van der Waals surface area contributed by atoms with E-state index < -0.39 is 20.0 Å². The fourth-order valence-electron chi connectivity index (χ4n) is 7.34. The highest BCUT2D eigenvalue weighted by atomic mass is 31.2. The van der Waals surface area contributed by atoms with E-state index in [2.05, 4.69) is 117 Å². The minimum Gasteiger partial charge on any atom is -0.456 e. The maximum Gasteiger partial charge on any atom is 0.472 e. The first kappa shape index (κ1) is 67.7. The number of phosphoric acid groups is 1. The average Bonchev–Trinajstić information content (AvgIpc) is 3.33. The van der Waals surface area contributed by atoms with E-state index in [0.29, 0.717) is 23.9 Å². The zero-order valence-corrected chi connectivity index (χ0v) is 47.1. The van der Waals surface area contributed by atoms with Gasteiger partial charge in [-0.25, -0.2) is 4.57 Å². The first-order valence-corrected chi connectivity index (χ1v) is 29.7. The molecule has 0 spiro atoms. The number of phosphoric ester groups is 1. The third-order valence-corrected chi connectivity index (χ3v) is 12.7. The number of rotatable bonds is 49. The lowest BCUT2D eigenvalue weighted by Gasteiger charge is -2.27. The van der Waals surface area contributed by atoms with Crippen molar-refractivity contribution >= 4 is 19.7 Å². The molecule has 0 aromatic rings. The van der Waals surface area contributed by atoms with Crippen molar-refractivity contribution in [3.63, 3.8) is 0 Å². The lowest BCUT2D eigenvalue weighted by Crippen LogP contribution is -2.47. The molecule has 0 aliphatic heterocycles. The Morgan fingerprint density at radius 2 is 0.915 bits per heavy atom. The number of carbonyl (C=O) groups excluding carboxylic acids is 2. The fraction of sp³-hybridized carbons (Fsp3) is 0.672. The smallest absolute Gasteiger partial charge is 0.456 e. The summed E-state index contributed by atoms with van der Waals surface area (Å²) in [4.78, 5) is 37.5. The Morgan fingerprint density at radius 1 is 0.507 bits per heavy atom. The molecule has 10 heteroatoms. The molecule has 2 N–H and O–H groups in total. The van der Waals surface area contributed by atoms with E-state index in [1.165, 1.54) is 83.5 Å². The van der Waals surface area contributed by atoms with Crippen molar-refractivity contribution in [3.05, 3.63) is 109 Å². The molecule has 0 aliphatic rings. The largest absolute Gasteiger partial charge is 0.472 e. The molecule has 0 rings (SSSR count). The van der Waals surface area contributed by atoms with Crippen LogP contribution < -0.4 is 5.32 Å². The Kier molecular flexibility index (Phi) is 47.9. The van der Waals surface area contributed by atoms with Crippen LogP contribution in [0, 0.1) is 0 Å². The van der Waals surface area contributed by atoms with Gasteiger partial charge in [0.2, 0.25) is 5.91 Å². The van der Waals surface area contributed by atoms with Gasteiger partial charge in [0.15, 0.2) is 0 Å². The zero-order chi connectivity index (χ0) is 52.2. The molecule has 0 aromatic heterocycles. The summed E-state index contributed by atoms with van der Waals surface area (Å²) < 4.78 is 30.5. The molecule has 0 saturated carbocycles. The van der Waals surface area contributed by atoms with Gasteiger partial charge in [-0.1, -0.05) is 208 Å². The molecule has 3 unspecified atom stereocenters. The number of unbranched alkanes of at least 4 members (excludes halogenated alkanes) is 17. The number of nitrogens with zero attached hydrogens (tertiary/aromatic N) is 1. The topological polar surface area (TPSA) is 111 Å². The van der Waals surface area contributed by atoms with Crippen LogP contribution in [0.5, 0.6) is 0 Å². The number of hydrogen-bond acceptors (Lipinski definition) is 6. The Labute approximate surface area is 436 Å². The quantitative estimate of drug-likeness (QED) is 0.0205. The van der Waals surface area contributed by atoms with E-state index in [0.717, 1.165) is 83.5 Å². The second-order valence-electron chi connectivity index (χ2n) is 19.7. The van der Waals surface area contributed by atoms with E-state index in [4.69, 9.17) is 13.8 Å². The molecule has 0 fully saturated rings. The second-order valence-corrected chi connectivity index (χ2v) is 21.2. The third kappa shape index (κ3) is 51.4. The van der Waals surface area contributed by atoms with Crippen molar-refractivity contribution in [2.24, 2.45) is 0 Å². The molecule has 406 valence electrons. The molecule has 0 saturated heterocycles. The number of quaternary nitrogens is 1. The van der Waals surface area contributed by atoms with Crippen molar-refractivity contribution in [3.8, 4) is 0 Å². The van der Waals surface area contributed by atoms with Gasteiger partial charge >= 0.3 is 13.8 Å². The van der Waals surface area contributed by atoms with Gasteiger partial charge in [0, 0.05) is 12.8 Å². The number of ether oxygens (including phenoxy) is 1. The maximum absolute atomic E-state index is 13.4. The number of likely N-dealkylation sites (N-methyl/N-ethyl adjacent to an activating group) is 1. The first-order chi connectivity index (χ1) is 34.4. The van der Waals surface area contributed by atoms with Crippen LogP contribution in [0.2, 0.25) is 0 Å². The summed E-state index contributed by atoms with van der Waals surface area (Å²) >= 11 is 0. The van der Waals surface area contributed by atoms with Crippen molar-refractivity contribution in [2.45, 2.75) is 226 Å². The number of hydrogen-bond donors (Lipinski definition) is 2. The molecule has 0 bridgehead atoms. The number of carbonyl (C=O) groups is 2. The molecule has 9 nitrogen and oxygen atoms in total. The molecule has 0 aliphatic carbocycles. The van der Waals surface area contributed by atoms with Gasteiger partial charge in [0.05, 0.1) is 33.8 Å². The monoisotopic (exact) mass is 1010 g/mol. The summed E-state index contributed by atoms with van der Waals surface area (Å²) in [5.41, 5.74) is 0. The SMILES string of the molecule is CC/C=C\C/C=C\C/C=C\C/C=C\C/C=C\C/C=C\CCCCC(=O)OC(/C=C\CCCCCCCCCCC)C(COP(=O)(O)OCC[N+](C)(C)C)NC(=O)CC/C=C/C/C=C\CCCCCCCC. The fourth-order valence-corrected chi connectivity index (χ4v) is 8.08. The van der Waals surface area contributed by atoms with Gasteiger partial charge in [-0.15, -0.1) is 0 Å². The molecule has 3 atom stereocenters. The lowest BCUT2D eigenvalue weighted by atomic mass is 10.1. The highest BCUT2D eigenvalue weighted by Gasteiger charge is 2.30. The Bertz CT molecular complexity index is 1580. The number of nitrogens with one attached hydrogen (secondary N) is 1. The number of esters is 1. The van der Waals surface area contributed by atoms with Gasteiger partial charge in [-0.05, 0) is 102 Å². The minimum absolute atomic E-state index is 0.0184. The van der Waals surface area contributed by atoms with Crippen LogP contribution >= 0.6 is 7.82 Å². The summed E-state index contributed by atoms with van der Waals surface area (Å²) in [6.45, 7) is 6.78. The van der Waals surface area contributed by atoms with Crippen LogP contribution in [0.25, 0.3) is 0 Å². The molecule has 0 heterocycles. The lowest BCUT2D eigenvalue weighted by molar-refractivity contribution is -0.870. The van der Waals surface area contributed by atoms with Crippen LogP contribution in [0.1, 0.15) is 213 Å². The molecule has 0 aromatic carbocycles. The van der Waals surface area contributed by atoms with E-state index in [9.17, 15) is 19.0 Å². The van der Waals surface area contributed by atoms with Crippen molar-refractivity contribution < 1.29 is 37.3 Å². The van der Waals surface area contributed by atoms with Gasteiger partial charge < -0.3 is 19.4 Å². The van der Waals surface area contributed by atoms with Crippen LogP contribution in [0.15, 0.2) is 109 Å². The van der Waals surface area contributed by atoms with Gasteiger partial charge in [-0.2, -0.15) is 0 Å². The normalized spacial score (nSPS) is 14.6. The van der Waals surface area contributed by atoms with Gasteiger partial charge in [0.25, 0.3) is 0 Å². The first-order valence-electron chi connectivity index (χ1n) is 28.2. The second kappa shape index (κ2) is 50.2. The Morgan fingerprint density at radius 3 is 1.38 bits per heavy atom. The molecular formula is C61H106N2O7P+. The Hall–Kier alpha value is -3.33. The van der Waals surface area contributed by atoms with Crippen molar-refractivity contribution in [1.82, 2.24) is 5.32 Å². The minimum atomic E-state index is -4.47. The zero-order valence-electron chi connectivity index (χ0n) is 46.2. The number of allylic oxidation sites excluding steroid dienone is 17. The van der Waals surface area contributed by atoms with E-state index in [1.54, 1.807) is 0 Å². The summed E-state index contributed by atoms with van der Waals surface area (Å²) in [6, 6.07) is -0.902. The highest BCUT2D eigenvalue weighted by molar-refractivity contribution is 7.47. The molecule has 0 radical (unpaired) electrons. The van der Waals surface area contributed by atoms with E-state index in [1.807, 2.05) is 39.4 Å². The van der Waals surface area contributed by atoms with Crippen LogP contribution in [0.3, 0.4) is 0 Å². The summed E-state index contributed by atoms with van der Waals surface area (Å²) in [7, 11) is 1.42. The van der Waals surface area contributed by atoms with Gasteiger partial charge in [-0.3, -0.25) is 18.6 Å². The van der Waals surface area contributed by atoms with E-state index in [-0.39, 0.29) is 37.9 Å². The third-order valence-electron chi connectivity index (χ3n) is 11.7. The number of amides is 1. The van der Waals surface area contributed by atoms with Crippen molar-refractivity contribution in [2.75, 3.05) is 40.9 Å². The molecule has 1 amide bonds. The van der Waals surface area contributed by atoms with Crippen LogP contribution in [0.4, 0.5) is 0 Å². The predicted octanol–water partition coefficient (Wildman–Crippen LogP) is 17.0. The molecule has 71 heavy (non-hydrogen) atoms. The maximum atomic E-state index is 13.4. The Balaban J connectivity index is 5.45. The average molecular weight is 1010 g/mol. The molecular weight excluding hydrogens is 904 g/mol. The predicted molar refractivity (Wildman–Crippen MR) is 304 cm³/mol. The van der Waals surface area contributed by atoms with E-state index >= 15 is 0 Å². The van der Waals surface area contributed by atoms with Crippen molar-refractivity contribution in [1.29, 1.82) is 0 Å².